The van der Waals surface area contributed by atoms with E-state index >= 15 is 0 Å². The third-order valence-electron chi connectivity index (χ3n) is 6.45. The highest BCUT2D eigenvalue weighted by molar-refractivity contribution is 7.21. The zero-order valence-electron chi connectivity index (χ0n) is 20.1. The van der Waals surface area contributed by atoms with E-state index in [2.05, 4.69) is 26.4 Å². The van der Waals surface area contributed by atoms with Gasteiger partial charge in [0.2, 0.25) is 5.91 Å². The number of thiazole rings is 1. The van der Waals surface area contributed by atoms with Crippen molar-refractivity contribution in [2.75, 3.05) is 5.32 Å². The smallest absolute Gasteiger partial charge is 0.324 e. The normalized spacial score (nSPS) is 14.0. The standard InChI is InChI=1S/C27H22F3N5OS/c1-14-3-10-20-22(11-14)37-26(33-20)17-6-8-18(9-7-17)31-23(36)13-35-25-24(15(2)34-35)19(27(28,29)30)12-21(32-25)16-4-5-16/h3,6-12,16H,4-5,13H2,1-2H3,(H,31,36). The van der Waals surface area contributed by atoms with Gasteiger partial charge in [0.05, 0.1) is 26.9 Å². The summed E-state index contributed by atoms with van der Waals surface area (Å²) in [5.41, 5.74) is 3.56. The molecule has 0 radical (unpaired) electrons. The maximum Gasteiger partial charge on any atom is 0.417 e. The summed E-state index contributed by atoms with van der Waals surface area (Å²) in [5, 5.41) is 7.87. The number of alkyl halides is 3. The van der Waals surface area contributed by atoms with Crippen molar-refractivity contribution in [3.8, 4) is 10.6 Å². The molecule has 0 spiro atoms. The van der Waals surface area contributed by atoms with E-state index in [1.807, 2.05) is 31.2 Å². The number of aryl methyl sites for hydroxylation is 2. The average Bonchev–Trinajstić information content (AvgIpc) is 3.54. The molecule has 37 heavy (non-hydrogen) atoms. The third kappa shape index (κ3) is 4.57. The van der Waals surface area contributed by atoms with E-state index < -0.39 is 17.6 Å². The van der Waals surface area contributed by atoms with Gasteiger partial charge >= 0.3 is 6.18 Å². The lowest BCUT2D eigenvalue weighted by atomic mass is 10.1. The average molecular weight is 522 g/mol. The molecule has 1 aliphatic carbocycles. The maximum absolute atomic E-state index is 13.8. The second-order valence-electron chi connectivity index (χ2n) is 9.42. The number of nitrogens with zero attached hydrogens (tertiary/aromatic N) is 4. The summed E-state index contributed by atoms with van der Waals surface area (Å²) in [6.07, 6.45) is -2.90. The third-order valence-corrected chi connectivity index (χ3v) is 7.52. The summed E-state index contributed by atoms with van der Waals surface area (Å²) in [6, 6.07) is 14.6. The number of carbonyl (C=O) groups is 1. The fraction of sp³-hybridized carbons (Fsp3) is 0.259. The quantitative estimate of drug-likeness (QED) is 0.274. The molecule has 6 nitrogen and oxygen atoms in total. The highest BCUT2D eigenvalue weighted by Crippen LogP contribution is 2.43. The van der Waals surface area contributed by atoms with Crippen LogP contribution in [-0.4, -0.2) is 25.7 Å². The fourth-order valence-corrected chi connectivity index (χ4v) is 5.55. The lowest BCUT2D eigenvalue weighted by Crippen LogP contribution is -2.20. The number of fused-ring (bicyclic) bond motifs is 2. The van der Waals surface area contributed by atoms with Gasteiger partial charge in [0.25, 0.3) is 0 Å². The molecule has 1 N–H and O–H groups in total. The van der Waals surface area contributed by atoms with E-state index in [1.165, 1.54) is 17.2 Å². The van der Waals surface area contributed by atoms with Crippen LogP contribution in [0.5, 0.6) is 0 Å². The van der Waals surface area contributed by atoms with Gasteiger partial charge in [-0.15, -0.1) is 11.3 Å². The van der Waals surface area contributed by atoms with E-state index in [-0.39, 0.29) is 29.2 Å². The molecule has 1 aliphatic rings. The van der Waals surface area contributed by atoms with Crippen LogP contribution in [0, 0.1) is 13.8 Å². The number of hydrogen-bond donors (Lipinski definition) is 1. The van der Waals surface area contributed by atoms with Gasteiger partial charge in [-0.1, -0.05) is 6.07 Å². The summed E-state index contributed by atoms with van der Waals surface area (Å²) in [6.45, 7) is 3.30. The van der Waals surface area contributed by atoms with Gasteiger partial charge in [0.15, 0.2) is 5.65 Å². The van der Waals surface area contributed by atoms with Crippen LogP contribution < -0.4 is 5.32 Å². The Bertz CT molecular complexity index is 1670. The van der Waals surface area contributed by atoms with Crippen molar-refractivity contribution in [2.45, 2.75) is 45.3 Å². The monoisotopic (exact) mass is 521 g/mol. The molecular weight excluding hydrogens is 499 g/mol. The maximum atomic E-state index is 13.8. The number of benzene rings is 2. The summed E-state index contributed by atoms with van der Waals surface area (Å²) in [5.74, 6) is -0.374. The summed E-state index contributed by atoms with van der Waals surface area (Å²) in [4.78, 5) is 22.0. The van der Waals surface area contributed by atoms with Crippen LogP contribution in [0.15, 0.2) is 48.5 Å². The molecule has 0 unspecified atom stereocenters. The second kappa shape index (κ2) is 8.65. The first-order valence-electron chi connectivity index (χ1n) is 11.9. The number of rotatable bonds is 5. The van der Waals surface area contributed by atoms with Crippen LogP contribution in [-0.2, 0) is 17.5 Å². The number of nitrogens with one attached hydrogen (secondary N) is 1. The number of aromatic nitrogens is 4. The highest BCUT2D eigenvalue weighted by atomic mass is 32.1. The lowest BCUT2D eigenvalue weighted by Gasteiger charge is -2.11. The van der Waals surface area contributed by atoms with E-state index in [1.54, 1.807) is 23.5 Å². The number of halogens is 3. The predicted octanol–water partition coefficient (Wildman–Crippen LogP) is 6.86. The number of anilines is 1. The van der Waals surface area contributed by atoms with Crippen LogP contribution in [0.25, 0.3) is 31.8 Å². The van der Waals surface area contributed by atoms with E-state index in [0.29, 0.717) is 11.4 Å². The number of amides is 1. The Labute approximate surface area is 214 Å². The zero-order chi connectivity index (χ0) is 25.9. The van der Waals surface area contributed by atoms with Gasteiger partial charge < -0.3 is 5.32 Å². The minimum Gasteiger partial charge on any atom is -0.324 e. The minimum atomic E-state index is -4.53. The summed E-state index contributed by atoms with van der Waals surface area (Å²) >= 11 is 1.60. The minimum absolute atomic E-state index is 0.0287. The molecule has 1 fully saturated rings. The van der Waals surface area contributed by atoms with Crippen LogP contribution in [0.3, 0.4) is 0 Å². The molecule has 1 amide bonds. The van der Waals surface area contributed by atoms with E-state index in [0.717, 1.165) is 39.7 Å². The number of pyridine rings is 1. The Balaban J connectivity index is 1.23. The van der Waals surface area contributed by atoms with Crippen LogP contribution in [0.1, 0.15) is 41.3 Å². The molecule has 5 aromatic rings. The molecular formula is C27H22F3N5OS. The van der Waals surface area contributed by atoms with E-state index in [4.69, 9.17) is 0 Å². The van der Waals surface area contributed by atoms with Crippen LogP contribution >= 0.6 is 11.3 Å². The molecule has 0 atom stereocenters. The Kier molecular flexibility index (Phi) is 5.52. The molecule has 10 heteroatoms. The first-order chi connectivity index (χ1) is 17.7. The summed E-state index contributed by atoms with van der Waals surface area (Å²) in [7, 11) is 0. The van der Waals surface area contributed by atoms with Crippen LogP contribution in [0.4, 0.5) is 18.9 Å². The lowest BCUT2D eigenvalue weighted by molar-refractivity contribution is -0.136. The fourth-order valence-electron chi connectivity index (χ4n) is 4.48. The number of hydrogen-bond acceptors (Lipinski definition) is 5. The molecule has 0 saturated heterocycles. The predicted molar refractivity (Wildman–Crippen MR) is 138 cm³/mol. The van der Waals surface area contributed by atoms with Crippen molar-refractivity contribution in [1.29, 1.82) is 0 Å². The van der Waals surface area contributed by atoms with Crippen molar-refractivity contribution in [1.82, 2.24) is 19.7 Å². The second-order valence-corrected chi connectivity index (χ2v) is 10.5. The SMILES string of the molecule is Cc1ccc2nc(-c3ccc(NC(=O)Cn4nc(C)c5c(C(F)(F)F)cc(C6CC6)nc54)cc3)sc2c1. The van der Waals surface area contributed by atoms with Crippen molar-refractivity contribution in [3.63, 3.8) is 0 Å². The Morgan fingerprint density at radius 3 is 2.54 bits per heavy atom. The number of carbonyl (C=O) groups excluding carboxylic acids is 1. The molecule has 3 aromatic heterocycles. The highest BCUT2D eigenvalue weighted by Gasteiger charge is 2.37. The van der Waals surface area contributed by atoms with Crippen molar-refractivity contribution < 1.29 is 18.0 Å². The molecule has 3 heterocycles. The molecule has 6 rings (SSSR count). The van der Waals surface area contributed by atoms with Gasteiger partial charge in [0, 0.05) is 22.9 Å². The van der Waals surface area contributed by atoms with Gasteiger partial charge in [-0.2, -0.15) is 18.3 Å². The Morgan fingerprint density at radius 1 is 1.08 bits per heavy atom. The molecule has 1 saturated carbocycles. The Hall–Kier alpha value is -3.79. The first-order valence-corrected chi connectivity index (χ1v) is 12.7. The van der Waals surface area contributed by atoms with Gasteiger partial charge in [0.1, 0.15) is 11.6 Å². The molecule has 188 valence electrons. The summed E-state index contributed by atoms with van der Waals surface area (Å²) < 4.78 is 43.8. The van der Waals surface area contributed by atoms with E-state index in [9.17, 15) is 18.0 Å². The molecule has 2 aromatic carbocycles. The molecule has 0 bridgehead atoms. The first kappa shape index (κ1) is 23.6. The topological polar surface area (TPSA) is 72.7 Å². The Morgan fingerprint density at radius 2 is 1.84 bits per heavy atom. The van der Waals surface area contributed by atoms with Crippen molar-refractivity contribution >= 4 is 44.2 Å². The van der Waals surface area contributed by atoms with Gasteiger partial charge in [-0.3, -0.25) is 4.79 Å². The van der Waals surface area contributed by atoms with Gasteiger partial charge in [-0.25, -0.2) is 14.6 Å². The zero-order valence-corrected chi connectivity index (χ0v) is 20.9. The van der Waals surface area contributed by atoms with Crippen molar-refractivity contribution in [2.24, 2.45) is 0 Å². The van der Waals surface area contributed by atoms with Crippen LogP contribution in [0.2, 0.25) is 0 Å². The van der Waals surface area contributed by atoms with Crippen molar-refractivity contribution in [3.05, 3.63) is 71.0 Å². The van der Waals surface area contributed by atoms with Gasteiger partial charge in [-0.05, 0) is 74.7 Å². The molecule has 0 aliphatic heterocycles. The largest absolute Gasteiger partial charge is 0.417 e.